The van der Waals surface area contributed by atoms with E-state index in [0.29, 0.717) is 24.3 Å². The van der Waals surface area contributed by atoms with Crippen LogP contribution >= 0.6 is 12.4 Å². The molecule has 0 radical (unpaired) electrons. The molecule has 0 aliphatic carbocycles. The Kier molecular flexibility index (Phi) is 6.87. The molecule has 1 aromatic carbocycles. The van der Waals surface area contributed by atoms with Crippen molar-refractivity contribution >= 4 is 35.0 Å². The molecule has 0 saturated heterocycles. The number of halogens is 1. The fourth-order valence-corrected chi connectivity index (χ4v) is 3.69. The molecule has 0 atom stereocenters. The normalized spacial score (nSPS) is 10.5. The third-order valence-corrected chi connectivity index (χ3v) is 5.01. The van der Waals surface area contributed by atoms with Crippen molar-refractivity contribution < 1.29 is 4.79 Å². The Morgan fingerprint density at radius 2 is 1.84 bits per heavy atom. The summed E-state index contributed by atoms with van der Waals surface area (Å²) in [4.78, 5) is 29.1. The molecule has 0 fully saturated rings. The van der Waals surface area contributed by atoms with Crippen molar-refractivity contribution in [3.05, 3.63) is 83.2 Å². The molecular weight excluding hydrogens is 412 g/mol. The third-order valence-electron chi connectivity index (χ3n) is 5.01. The molecule has 3 heterocycles. The number of aromatic nitrogens is 4. The minimum atomic E-state index is -0.200. The molecule has 7 nitrogen and oxygen atoms in total. The van der Waals surface area contributed by atoms with E-state index in [2.05, 4.69) is 44.4 Å². The average Bonchev–Trinajstić information content (AvgIpc) is 3.05. The first-order chi connectivity index (χ1) is 14.5. The lowest BCUT2D eigenvalue weighted by molar-refractivity contribution is 0.0793. The molecular formula is C23H25ClN6O. The predicted octanol–water partition coefficient (Wildman–Crippen LogP) is 4.41. The zero-order valence-electron chi connectivity index (χ0n) is 17.7. The summed E-state index contributed by atoms with van der Waals surface area (Å²) >= 11 is 0. The zero-order valence-corrected chi connectivity index (χ0v) is 18.5. The summed E-state index contributed by atoms with van der Waals surface area (Å²) in [5.41, 5.74) is 8.99. The number of hydrazine groups is 1. The summed E-state index contributed by atoms with van der Waals surface area (Å²) in [6.45, 7) is 6.47. The molecule has 1 amide bonds. The van der Waals surface area contributed by atoms with Gasteiger partial charge in [0.15, 0.2) is 0 Å². The van der Waals surface area contributed by atoms with E-state index in [0.717, 1.165) is 22.5 Å². The lowest BCUT2D eigenvalue weighted by Gasteiger charge is -2.24. The van der Waals surface area contributed by atoms with Gasteiger partial charge in [0, 0.05) is 41.2 Å². The number of aryl methyl sites for hydroxylation is 3. The number of para-hydroxylation sites is 1. The van der Waals surface area contributed by atoms with E-state index in [9.17, 15) is 4.79 Å². The van der Waals surface area contributed by atoms with E-state index in [4.69, 9.17) is 0 Å². The van der Waals surface area contributed by atoms with Crippen LogP contribution in [0.5, 0.6) is 0 Å². The van der Waals surface area contributed by atoms with Gasteiger partial charge in [0.2, 0.25) is 0 Å². The number of anilines is 1. The number of nitrogens with one attached hydrogen (secondary N) is 2. The van der Waals surface area contributed by atoms with Crippen molar-refractivity contribution in [2.45, 2.75) is 27.2 Å². The fraction of sp³-hybridized carbons (Fsp3) is 0.217. The second kappa shape index (κ2) is 9.57. The first-order valence-corrected chi connectivity index (χ1v) is 9.86. The number of benzene rings is 1. The molecule has 8 heteroatoms. The summed E-state index contributed by atoms with van der Waals surface area (Å²) in [7, 11) is 0. The average molecular weight is 437 g/mol. The van der Waals surface area contributed by atoms with Gasteiger partial charge in [0.25, 0.3) is 5.91 Å². The number of nitrogens with zero attached hydrogens (tertiary/aromatic N) is 4. The van der Waals surface area contributed by atoms with Crippen molar-refractivity contribution in [1.29, 1.82) is 0 Å². The maximum atomic E-state index is 13.2. The zero-order chi connectivity index (χ0) is 21.1. The quantitative estimate of drug-likeness (QED) is 0.437. The fourth-order valence-electron chi connectivity index (χ4n) is 3.69. The number of carbonyl (C=O) groups excluding carboxylic acids is 1. The monoisotopic (exact) mass is 436 g/mol. The van der Waals surface area contributed by atoms with E-state index < -0.39 is 0 Å². The molecule has 4 aromatic rings. The van der Waals surface area contributed by atoms with Gasteiger partial charge in [-0.05, 0) is 56.5 Å². The molecule has 3 aromatic heterocycles. The van der Waals surface area contributed by atoms with Crippen LogP contribution in [0.25, 0.3) is 10.9 Å². The smallest absolute Gasteiger partial charge is 0.275 e. The van der Waals surface area contributed by atoms with Gasteiger partial charge in [-0.1, -0.05) is 18.2 Å². The number of hydrogen-bond donors (Lipinski definition) is 2. The largest absolute Gasteiger partial charge is 0.358 e. The second-order valence-corrected chi connectivity index (χ2v) is 7.39. The summed E-state index contributed by atoms with van der Waals surface area (Å²) < 4.78 is 0. The SMILES string of the molecule is Cc1cc(C)nc(NN(CCc2c(C)[nH]c3ccccc23)C(=O)c2cncnc2)c1.Cl. The Morgan fingerprint density at radius 1 is 1.10 bits per heavy atom. The molecule has 4 rings (SSSR count). The van der Waals surface area contributed by atoms with Gasteiger partial charge >= 0.3 is 0 Å². The van der Waals surface area contributed by atoms with Gasteiger partial charge < -0.3 is 4.98 Å². The van der Waals surface area contributed by atoms with Crippen molar-refractivity contribution in [1.82, 2.24) is 24.9 Å². The third kappa shape index (κ3) is 5.00. The number of amides is 1. The Labute approximate surface area is 187 Å². The Bertz CT molecular complexity index is 1170. The number of carbonyl (C=O) groups is 1. The molecule has 160 valence electrons. The van der Waals surface area contributed by atoms with Crippen molar-refractivity contribution in [3.8, 4) is 0 Å². The van der Waals surface area contributed by atoms with Gasteiger partial charge in [0.05, 0.1) is 5.56 Å². The maximum absolute atomic E-state index is 13.2. The van der Waals surface area contributed by atoms with Crippen molar-refractivity contribution in [2.24, 2.45) is 0 Å². The van der Waals surface area contributed by atoms with Gasteiger partial charge in [-0.25, -0.2) is 15.0 Å². The van der Waals surface area contributed by atoms with E-state index >= 15 is 0 Å². The van der Waals surface area contributed by atoms with E-state index in [1.807, 2.05) is 38.1 Å². The topological polar surface area (TPSA) is 86.8 Å². The Balaban J connectivity index is 0.00000272. The molecule has 0 saturated carbocycles. The molecule has 0 spiro atoms. The van der Waals surface area contributed by atoms with Crippen molar-refractivity contribution in [3.63, 3.8) is 0 Å². The maximum Gasteiger partial charge on any atom is 0.275 e. The minimum Gasteiger partial charge on any atom is -0.358 e. The highest BCUT2D eigenvalue weighted by atomic mass is 35.5. The van der Waals surface area contributed by atoms with Crippen LogP contribution in [-0.2, 0) is 6.42 Å². The van der Waals surface area contributed by atoms with Crippen LogP contribution < -0.4 is 5.43 Å². The predicted molar refractivity (Wildman–Crippen MR) is 124 cm³/mol. The van der Waals surface area contributed by atoms with Crippen LogP contribution in [0.3, 0.4) is 0 Å². The number of H-pyrrole nitrogens is 1. The molecule has 0 aliphatic heterocycles. The number of hydrogen-bond acceptors (Lipinski definition) is 5. The van der Waals surface area contributed by atoms with Gasteiger partial charge in [-0.3, -0.25) is 15.2 Å². The van der Waals surface area contributed by atoms with E-state index in [1.54, 1.807) is 5.01 Å². The number of fused-ring (bicyclic) bond motifs is 1. The lowest BCUT2D eigenvalue weighted by Crippen LogP contribution is -2.38. The van der Waals surface area contributed by atoms with Gasteiger partial charge in [0.1, 0.15) is 12.1 Å². The highest BCUT2D eigenvalue weighted by Crippen LogP contribution is 2.23. The summed E-state index contributed by atoms with van der Waals surface area (Å²) in [6, 6.07) is 12.1. The first-order valence-electron chi connectivity index (χ1n) is 9.86. The molecule has 2 N–H and O–H groups in total. The summed E-state index contributed by atoms with van der Waals surface area (Å²) in [5.74, 6) is 0.433. The molecule has 0 aliphatic rings. The van der Waals surface area contributed by atoms with E-state index in [-0.39, 0.29) is 18.3 Å². The second-order valence-electron chi connectivity index (χ2n) is 7.39. The van der Waals surface area contributed by atoms with Crippen LogP contribution in [0.2, 0.25) is 0 Å². The highest BCUT2D eigenvalue weighted by Gasteiger charge is 2.19. The van der Waals surface area contributed by atoms with E-state index in [1.165, 1.54) is 29.7 Å². The van der Waals surface area contributed by atoms with Crippen LogP contribution in [0, 0.1) is 20.8 Å². The van der Waals surface area contributed by atoms with Crippen LogP contribution in [0.1, 0.15) is 32.9 Å². The number of pyridine rings is 1. The molecule has 0 bridgehead atoms. The van der Waals surface area contributed by atoms with Crippen LogP contribution in [0.15, 0.2) is 55.1 Å². The highest BCUT2D eigenvalue weighted by molar-refractivity contribution is 5.94. The van der Waals surface area contributed by atoms with Crippen LogP contribution in [0.4, 0.5) is 5.82 Å². The van der Waals surface area contributed by atoms with Crippen molar-refractivity contribution in [2.75, 3.05) is 12.0 Å². The van der Waals surface area contributed by atoms with Gasteiger partial charge in [-0.2, -0.15) is 0 Å². The Morgan fingerprint density at radius 3 is 2.58 bits per heavy atom. The van der Waals surface area contributed by atoms with Gasteiger partial charge in [-0.15, -0.1) is 12.4 Å². The lowest BCUT2D eigenvalue weighted by atomic mass is 10.1. The summed E-state index contributed by atoms with van der Waals surface area (Å²) in [5, 5.41) is 2.76. The minimum absolute atomic E-state index is 0. The first kappa shape index (κ1) is 22.2. The molecule has 0 unspecified atom stereocenters. The standard InChI is InChI=1S/C23H24N6O.ClH/c1-15-10-16(2)26-22(11-15)28-29(23(30)18-12-24-14-25-13-18)9-8-19-17(3)27-21-7-5-4-6-20(19)21;/h4-7,10-14,27H,8-9H2,1-3H3,(H,26,28);1H. The molecule has 31 heavy (non-hydrogen) atoms. The summed E-state index contributed by atoms with van der Waals surface area (Å²) in [6.07, 6.45) is 5.15. The number of rotatable bonds is 6. The Hall–Kier alpha value is -3.45. The van der Waals surface area contributed by atoms with Crippen LogP contribution in [-0.4, -0.2) is 37.4 Å². The number of aromatic amines is 1.